The summed E-state index contributed by atoms with van der Waals surface area (Å²) >= 11 is 0. The highest BCUT2D eigenvalue weighted by Gasteiger charge is 2.03. The fourth-order valence-corrected chi connectivity index (χ4v) is 0.841. The van der Waals surface area contributed by atoms with Gasteiger partial charge in [-0.3, -0.25) is 9.78 Å². The van der Waals surface area contributed by atoms with Crippen molar-refractivity contribution in [1.29, 1.82) is 5.26 Å². The molecule has 0 aromatic carbocycles. The molecule has 60 valence electrons. The molecule has 0 bridgehead atoms. The number of nitrogens with zero attached hydrogens (tertiary/aromatic N) is 2. The van der Waals surface area contributed by atoms with Crippen LogP contribution in [0.15, 0.2) is 24.5 Å². The maximum Gasteiger partial charge on any atom is 0.165 e. The Kier molecular flexibility index (Phi) is 2.97. The van der Waals surface area contributed by atoms with Crippen LogP contribution < -0.4 is 0 Å². The molecule has 0 amide bonds. The van der Waals surface area contributed by atoms with Crippen LogP contribution >= 0.6 is 0 Å². The third-order valence-corrected chi connectivity index (χ3v) is 1.45. The molecule has 0 unspecified atom stereocenters. The van der Waals surface area contributed by atoms with Crippen molar-refractivity contribution in [3.63, 3.8) is 0 Å². The SMILES string of the molecule is N#CCCC(=O)c1cccnc1. The van der Waals surface area contributed by atoms with Crippen LogP contribution in [0.5, 0.6) is 0 Å². The summed E-state index contributed by atoms with van der Waals surface area (Å²) < 4.78 is 0. The first-order chi connectivity index (χ1) is 5.84. The van der Waals surface area contributed by atoms with Crippen molar-refractivity contribution in [3.8, 4) is 6.07 Å². The number of aromatic nitrogens is 1. The van der Waals surface area contributed by atoms with Crippen LogP contribution in [0.1, 0.15) is 23.2 Å². The van der Waals surface area contributed by atoms with E-state index in [2.05, 4.69) is 4.98 Å². The largest absolute Gasteiger partial charge is 0.294 e. The molecule has 3 heteroatoms. The van der Waals surface area contributed by atoms with Crippen molar-refractivity contribution in [2.45, 2.75) is 12.8 Å². The van der Waals surface area contributed by atoms with Gasteiger partial charge in [-0.2, -0.15) is 5.26 Å². The van der Waals surface area contributed by atoms with E-state index in [0.29, 0.717) is 5.56 Å². The summed E-state index contributed by atoms with van der Waals surface area (Å²) in [5.41, 5.74) is 0.577. The number of hydrogen-bond acceptors (Lipinski definition) is 3. The second kappa shape index (κ2) is 4.24. The fraction of sp³-hybridized carbons (Fsp3) is 0.222. The van der Waals surface area contributed by atoms with Gasteiger partial charge in [-0.05, 0) is 12.1 Å². The van der Waals surface area contributed by atoms with E-state index in [1.165, 1.54) is 6.20 Å². The summed E-state index contributed by atoms with van der Waals surface area (Å²) in [6.45, 7) is 0. The highest BCUT2D eigenvalue weighted by Crippen LogP contribution is 2.02. The number of carbonyl (C=O) groups is 1. The van der Waals surface area contributed by atoms with Crippen molar-refractivity contribution >= 4 is 5.78 Å². The predicted octanol–water partition coefficient (Wildman–Crippen LogP) is 1.57. The summed E-state index contributed by atoms with van der Waals surface area (Å²) in [6.07, 6.45) is 3.68. The zero-order valence-electron chi connectivity index (χ0n) is 6.53. The van der Waals surface area contributed by atoms with E-state index in [-0.39, 0.29) is 18.6 Å². The summed E-state index contributed by atoms with van der Waals surface area (Å²) in [5.74, 6) is -0.0235. The van der Waals surface area contributed by atoms with E-state index < -0.39 is 0 Å². The third kappa shape index (κ3) is 2.17. The van der Waals surface area contributed by atoms with Crippen LogP contribution in [-0.4, -0.2) is 10.8 Å². The van der Waals surface area contributed by atoms with Gasteiger partial charge in [0.15, 0.2) is 5.78 Å². The van der Waals surface area contributed by atoms with Gasteiger partial charge in [0.2, 0.25) is 0 Å². The van der Waals surface area contributed by atoms with Crippen LogP contribution in [0, 0.1) is 11.3 Å². The quantitative estimate of drug-likeness (QED) is 0.630. The van der Waals surface area contributed by atoms with Crippen LogP contribution in [-0.2, 0) is 0 Å². The van der Waals surface area contributed by atoms with Gasteiger partial charge in [0.1, 0.15) is 0 Å². The van der Waals surface area contributed by atoms with E-state index in [1.54, 1.807) is 18.3 Å². The second-order valence-electron chi connectivity index (χ2n) is 2.32. The van der Waals surface area contributed by atoms with Gasteiger partial charge in [-0.25, -0.2) is 0 Å². The maximum atomic E-state index is 11.2. The van der Waals surface area contributed by atoms with Gasteiger partial charge < -0.3 is 0 Å². The molecule has 0 aliphatic heterocycles. The lowest BCUT2D eigenvalue weighted by atomic mass is 10.1. The smallest absolute Gasteiger partial charge is 0.165 e. The monoisotopic (exact) mass is 160 g/mol. The molecule has 0 aliphatic carbocycles. The molecule has 1 aromatic heterocycles. The van der Waals surface area contributed by atoms with Crippen LogP contribution in [0.3, 0.4) is 0 Å². The lowest BCUT2D eigenvalue weighted by Crippen LogP contribution is -1.98. The Hall–Kier alpha value is -1.69. The number of pyridine rings is 1. The minimum Gasteiger partial charge on any atom is -0.294 e. The number of hydrogen-bond donors (Lipinski definition) is 0. The molecular weight excluding hydrogens is 152 g/mol. The predicted molar refractivity (Wildman–Crippen MR) is 43.4 cm³/mol. The van der Waals surface area contributed by atoms with Gasteiger partial charge >= 0.3 is 0 Å². The number of Topliss-reactive ketones (excluding diaryl/α,β-unsaturated/α-hetero) is 1. The molecule has 0 atom stereocenters. The minimum absolute atomic E-state index is 0.0235. The van der Waals surface area contributed by atoms with Crippen LogP contribution in [0.25, 0.3) is 0 Å². The number of rotatable bonds is 3. The number of nitriles is 1. The molecule has 0 aliphatic rings. The molecule has 0 saturated carbocycles. The lowest BCUT2D eigenvalue weighted by molar-refractivity contribution is 0.0984. The summed E-state index contributed by atoms with van der Waals surface area (Å²) in [5, 5.41) is 8.24. The minimum atomic E-state index is -0.0235. The lowest BCUT2D eigenvalue weighted by Gasteiger charge is -1.94. The average molecular weight is 160 g/mol. The van der Waals surface area contributed by atoms with Crippen molar-refractivity contribution in [3.05, 3.63) is 30.1 Å². The molecule has 0 radical (unpaired) electrons. The first-order valence-electron chi connectivity index (χ1n) is 3.65. The maximum absolute atomic E-state index is 11.2. The van der Waals surface area contributed by atoms with Crippen molar-refractivity contribution in [2.24, 2.45) is 0 Å². The van der Waals surface area contributed by atoms with Gasteiger partial charge in [0.25, 0.3) is 0 Å². The summed E-state index contributed by atoms with van der Waals surface area (Å²) in [7, 11) is 0. The van der Waals surface area contributed by atoms with Gasteiger partial charge in [0.05, 0.1) is 6.07 Å². The zero-order valence-corrected chi connectivity index (χ0v) is 6.53. The average Bonchev–Trinajstić information content (AvgIpc) is 2.15. The molecule has 3 nitrogen and oxygen atoms in total. The normalized spacial score (nSPS) is 8.92. The molecule has 1 aromatic rings. The molecule has 0 N–H and O–H groups in total. The highest BCUT2D eigenvalue weighted by molar-refractivity contribution is 5.95. The Balaban J connectivity index is 2.61. The van der Waals surface area contributed by atoms with E-state index in [0.717, 1.165) is 0 Å². The molecule has 0 spiro atoms. The Labute approximate surface area is 70.7 Å². The van der Waals surface area contributed by atoms with E-state index in [9.17, 15) is 4.79 Å². The Morgan fingerprint density at radius 2 is 2.50 bits per heavy atom. The highest BCUT2D eigenvalue weighted by atomic mass is 16.1. The third-order valence-electron chi connectivity index (χ3n) is 1.45. The van der Waals surface area contributed by atoms with E-state index in [4.69, 9.17) is 5.26 Å². The fourth-order valence-electron chi connectivity index (χ4n) is 0.841. The van der Waals surface area contributed by atoms with Crippen molar-refractivity contribution in [1.82, 2.24) is 4.98 Å². The van der Waals surface area contributed by atoms with E-state index >= 15 is 0 Å². The molecular formula is C9H8N2O. The van der Waals surface area contributed by atoms with Gasteiger partial charge in [0, 0.05) is 30.8 Å². The Bertz CT molecular complexity index is 300. The molecule has 1 rings (SSSR count). The van der Waals surface area contributed by atoms with Crippen LogP contribution in [0.2, 0.25) is 0 Å². The second-order valence-corrected chi connectivity index (χ2v) is 2.32. The summed E-state index contributed by atoms with van der Waals surface area (Å²) in [4.78, 5) is 15.0. The number of carbonyl (C=O) groups excluding carboxylic acids is 1. The molecule has 0 saturated heterocycles. The Morgan fingerprint density at radius 1 is 1.67 bits per heavy atom. The first-order valence-corrected chi connectivity index (χ1v) is 3.65. The molecule has 0 fully saturated rings. The number of ketones is 1. The van der Waals surface area contributed by atoms with Gasteiger partial charge in [-0.15, -0.1) is 0 Å². The van der Waals surface area contributed by atoms with Crippen LogP contribution in [0.4, 0.5) is 0 Å². The first kappa shape index (κ1) is 8.41. The van der Waals surface area contributed by atoms with E-state index in [1.807, 2.05) is 6.07 Å². The van der Waals surface area contributed by atoms with Crippen molar-refractivity contribution < 1.29 is 4.79 Å². The molecule has 12 heavy (non-hydrogen) atoms. The molecule has 1 heterocycles. The zero-order chi connectivity index (χ0) is 8.81. The summed E-state index contributed by atoms with van der Waals surface area (Å²) in [6, 6.07) is 5.34. The Morgan fingerprint density at radius 3 is 3.08 bits per heavy atom. The van der Waals surface area contributed by atoms with Gasteiger partial charge in [-0.1, -0.05) is 0 Å². The topological polar surface area (TPSA) is 53.8 Å². The standard InChI is InChI=1S/C9H8N2O/c10-5-1-4-9(12)8-3-2-6-11-7-8/h2-3,6-7H,1,4H2. The van der Waals surface area contributed by atoms with Crippen molar-refractivity contribution in [2.75, 3.05) is 0 Å².